The van der Waals surface area contributed by atoms with E-state index in [0.717, 1.165) is 24.1 Å². The lowest BCUT2D eigenvalue weighted by Crippen LogP contribution is -2.41. The van der Waals surface area contributed by atoms with Crippen molar-refractivity contribution in [1.29, 1.82) is 0 Å². The number of amides is 2. The summed E-state index contributed by atoms with van der Waals surface area (Å²) in [6, 6.07) is 23.0. The Morgan fingerprint density at radius 2 is 1.76 bits per heavy atom. The van der Waals surface area contributed by atoms with Crippen LogP contribution < -0.4 is 15.4 Å². The number of fused-ring (bicyclic) bond motifs is 2. The van der Waals surface area contributed by atoms with E-state index in [0.29, 0.717) is 41.9 Å². The van der Waals surface area contributed by atoms with Crippen molar-refractivity contribution in [3.8, 4) is 16.9 Å². The minimum atomic E-state index is -0.227. The fraction of sp³-hybridized carbons (Fsp3) is 0.259. The number of morpholine rings is 1. The normalized spacial score (nSPS) is 19.1. The second-order valence-electron chi connectivity index (χ2n) is 8.64. The highest BCUT2D eigenvalue weighted by atomic mass is 16.5. The average molecular weight is 458 g/mol. The molecule has 174 valence electrons. The van der Waals surface area contributed by atoms with Gasteiger partial charge in [0.2, 0.25) is 5.91 Å². The Balaban J connectivity index is 1.24. The predicted octanol–water partition coefficient (Wildman–Crippen LogP) is 4.03. The SMILES string of the molecule is COc1ccc(NC(=O)c2ccc(-c3ccccc3)cc2)cc1NC(=O)CN1C[C@@H]2C[C@H]1CO2. The number of hydrogen-bond donors (Lipinski definition) is 2. The Morgan fingerprint density at radius 1 is 1.00 bits per heavy atom. The number of anilines is 2. The zero-order valence-electron chi connectivity index (χ0n) is 19.0. The molecule has 7 nitrogen and oxygen atoms in total. The number of methoxy groups -OCH3 is 1. The molecule has 0 aromatic heterocycles. The second kappa shape index (κ2) is 9.67. The van der Waals surface area contributed by atoms with Crippen LogP contribution in [0.5, 0.6) is 5.75 Å². The molecular weight excluding hydrogens is 430 g/mol. The molecule has 2 atom stereocenters. The maximum atomic E-state index is 12.8. The largest absolute Gasteiger partial charge is 0.495 e. The molecule has 2 aliphatic rings. The average Bonchev–Trinajstić information content (AvgIpc) is 3.48. The van der Waals surface area contributed by atoms with E-state index in [9.17, 15) is 9.59 Å². The van der Waals surface area contributed by atoms with Gasteiger partial charge in [-0.15, -0.1) is 0 Å². The molecule has 0 radical (unpaired) electrons. The Morgan fingerprint density at radius 3 is 2.44 bits per heavy atom. The lowest BCUT2D eigenvalue weighted by atomic mass is 10.0. The molecule has 7 heteroatoms. The molecule has 2 bridgehead atoms. The molecule has 3 aromatic carbocycles. The van der Waals surface area contributed by atoms with Crippen LogP contribution in [0, 0.1) is 0 Å². The number of likely N-dealkylation sites (tertiary alicyclic amines) is 1. The van der Waals surface area contributed by atoms with Gasteiger partial charge in [0.1, 0.15) is 5.75 Å². The number of benzene rings is 3. The number of rotatable bonds is 7. The minimum Gasteiger partial charge on any atom is -0.495 e. The molecule has 2 heterocycles. The van der Waals surface area contributed by atoms with E-state index in [2.05, 4.69) is 15.5 Å². The highest BCUT2D eigenvalue weighted by Crippen LogP contribution is 2.30. The van der Waals surface area contributed by atoms with Crippen LogP contribution in [0.15, 0.2) is 72.8 Å². The standard InChI is InChI=1S/C27H27N3O4/c1-33-25-12-11-21(13-24(25)29-26(31)16-30-15-23-14-22(30)17-34-23)28-27(32)20-9-7-19(8-10-20)18-5-3-2-4-6-18/h2-13,22-23H,14-17H2,1H3,(H,28,32)(H,29,31)/t22-,23-/m0/s1. The molecule has 2 aliphatic heterocycles. The highest BCUT2D eigenvalue weighted by Gasteiger charge is 2.39. The zero-order valence-corrected chi connectivity index (χ0v) is 19.0. The van der Waals surface area contributed by atoms with Crippen molar-refractivity contribution in [2.75, 3.05) is 37.4 Å². The van der Waals surface area contributed by atoms with Crippen LogP contribution in [-0.2, 0) is 9.53 Å². The molecule has 2 N–H and O–H groups in total. The van der Waals surface area contributed by atoms with E-state index < -0.39 is 0 Å². The lowest BCUT2D eigenvalue weighted by molar-refractivity contribution is -0.118. The third-order valence-corrected chi connectivity index (χ3v) is 6.35. The quantitative estimate of drug-likeness (QED) is 0.560. The van der Waals surface area contributed by atoms with Crippen LogP contribution in [0.2, 0.25) is 0 Å². The van der Waals surface area contributed by atoms with Gasteiger partial charge in [0, 0.05) is 23.8 Å². The van der Waals surface area contributed by atoms with Gasteiger partial charge >= 0.3 is 0 Å². The number of hydrogen-bond acceptors (Lipinski definition) is 5. The molecule has 2 fully saturated rings. The Hall–Kier alpha value is -3.68. The summed E-state index contributed by atoms with van der Waals surface area (Å²) in [6.45, 7) is 1.78. The van der Waals surface area contributed by atoms with Crippen molar-refractivity contribution in [2.45, 2.75) is 18.6 Å². The maximum Gasteiger partial charge on any atom is 0.255 e. The van der Waals surface area contributed by atoms with Crippen LogP contribution in [0.25, 0.3) is 11.1 Å². The molecule has 0 spiro atoms. The first kappa shape index (κ1) is 22.1. The number of nitrogens with one attached hydrogen (secondary N) is 2. The molecule has 0 aliphatic carbocycles. The van der Waals surface area contributed by atoms with Crippen molar-refractivity contribution < 1.29 is 19.1 Å². The van der Waals surface area contributed by atoms with Gasteiger partial charge < -0.3 is 20.1 Å². The molecular formula is C27H27N3O4. The van der Waals surface area contributed by atoms with Gasteiger partial charge in [0.15, 0.2) is 0 Å². The molecule has 2 saturated heterocycles. The van der Waals surface area contributed by atoms with E-state index in [-0.39, 0.29) is 17.9 Å². The second-order valence-corrected chi connectivity index (χ2v) is 8.64. The van der Waals surface area contributed by atoms with Crippen LogP contribution in [0.4, 0.5) is 11.4 Å². The third-order valence-electron chi connectivity index (χ3n) is 6.35. The summed E-state index contributed by atoms with van der Waals surface area (Å²) in [4.78, 5) is 27.6. The van der Waals surface area contributed by atoms with Crippen molar-refractivity contribution in [3.63, 3.8) is 0 Å². The van der Waals surface area contributed by atoms with Crippen LogP contribution >= 0.6 is 0 Å². The topological polar surface area (TPSA) is 79.9 Å². The van der Waals surface area contributed by atoms with Gasteiger partial charge in [-0.2, -0.15) is 0 Å². The first-order valence-electron chi connectivity index (χ1n) is 11.4. The van der Waals surface area contributed by atoms with Crippen molar-refractivity contribution in [2.24, 2.45) is 0 Å². The molecule has 0 saturated carbocycles. The third kappa shape index (κ3) is 4.81. The van der Waals surface area contributed by atoms with E-state index in [1.54, 1.807) is 37.4 Å². The molecule has 5 rings (SSSR count). The molecule has 34 heavy (non-hydrogen) atoms. The Labute approximate surface area is 198 Å². The fourth-order valence-corrected chi connectivity index (χ4v) is 4.58. The van der Waals surface area contributed by atoms with Crippen LogP contribution in [0.1, 0.15) is 16.8 Å². The number of carbonyl (C=O) groups excluding carboxylic acids is 2. The van der Waals surface area contributed by atoms with Crippen LogP contribution in [-0.4, -0.2) is 55.7 Å². The van der Waals surface area contributed by atoms with Crippen LogP contribution in [0.3, 0.4) is 0 Å². The lowest BCUT2D eigenvalue weighted by Gasteiger charge is -2.26. The Kier molecular flexibility index (Phi) is 6.29. The Bertz CT molecular complexity index is 1180. The van der Waals surface area contributed by atoms with E-state index in [4.69, 9.17) is 9.47 Å². The molecule has 0 unspecified atom stereocenters. The fourth-order valence-electron chi connectivity index (χ4n) is 4.58. The van der Waals surface area contributed by atoms with E-state index in [1.165, 1.54) is 0 Å². The number of nitrogens with zero attached hydrogens (tertiary/aromatic N) is 1. The van der Waals surface area contributed by atoms with Crippen molar-refractivity contribution in [1.82, 2.24) is 4.90 Å². The summed E-state index contributed by atoms with van der Waals surface area (Å²) < 4.78 is 11.0. The summed E-state index contributed by atoms with van der Waals surface area (Å²) in [6.07, 6.45) is 1.23. The van der Waals surface area contributed by atoms with Gasteiger partial charge in [-0.05, 0) is 47.9 Å². The van der Waals surface area contributed by atoms with Crippen molar-refractivity contribution in [3.05, 3.63) is 78.4 Å². The highest BCUT2D eigenvalue weighted by molar-refractivity contribution is 6.05. The molecule has 2 amide bonds. The summed E-state index contributed by atoms with van der Waals surface area (Å²) in [5.74, 6) is 0.186. The maximum absolute atomic E-state index is 12.8. The van der Waals surface area contributed by atoms with Gasteiger partial charge in [0.25, 0.3) is 5.91 Å². The summed E-state index contributed by atoms with van der Waals surface area (Å²) in [7, 11) is 1.55. The van der Waals surface area contributed by atoms with E-state index >= 15 is 0 Å². The monoisotopic (exact) mass is 457 g/mol. The van der Waals surface area contributed by atoms with E-state index in [1.807, 2.05) is 42.5 Å². The van der Waals surface area contributed by atoms with Gasteiger partial charge in [-0.3, -0.25) is 14.5 Å². The first-order chi connectivity index (χ1) is 16.6. The summed E-state index contributed by atoms with van der Waals surface area (Å²) in [5.41, 5.74) is 3.78. The number of carbonyl (C=O) groups is 2. The first-order valence-corrected chi connectivity index (χ1v) is 11.4. The van der Waals surface area contributed by atoms with Gasteiger partial charge in [0.05, 0.1) is 32.1 Å². The minimum absolute atomic E-state index is 0.120. The van der Waals surface area contributed by atoms with Crippen molar-refractivity contribution >= 4 is 23.2 Å². The van der Waals surface area contributed by atoms with Gasteiger partial charge in [-0.25, -0.2) is 0 Å². The molecule has 3 aromatic rings. The zero-order chi connectivity index (χ0) is 23.5. The van der Waals surface area contributed by atoms with Gasteiger partial charge in [-0.1, -0.05) is 42.5 Å². The summed E-state index contributed by atoms with van der Waals surface area (Å²) in [5, 5.41) is 5.83. The summed E-state index contributed by atoms with van der Waals surface area (Å²) >= 11 is 0. The predicted molar refractivity (Wildman–Crippen MR) is 131 cm³/mol. The smallest absolute Gasteiger partial charge is 0.255 e. The number of ether oxygens (including phenoxy) is 2.